The Hall–Kier alpha value is -3.61. The van der Waals surface area contributed by atoms with E-state index in [4.69, 9.17) is 4.74 Å². The first-order chi connectivity index (χ1) is 16.5. The molecular weight excluding hydrogens is 450 g/mol. The number of aliphatic hydroxyl groups is 1. The van der Waals surface area contributed by atoms with Gasteiger partial charge in [-0.05, 0) is 31.8 Å². The van der Waals surface area contributed by atoms with Crippen molar-refractivity contribution in [2.75, 3.05) is 19.7 Å². The molecule has 1 fully saturated rings. The normalized spacial score (nSPS) is 16.4. The van der Waals surface area contributed by atoms with E-state index >= 15 is 0 Å². The minimum atomic E-state index is -0.429. The Morgan fingerprint density at radius 2 is 2.12 bits per heavy atom. The number of rotatable bonds is 8. The highest BCUT2D eigenvalue weighted by Gasteiger charge is 2.26. The summed E-state index contributed by atoms with van der Waals surface area (Å²) in [5.41, 5.74) is 5.08. The highest BCUT2D eigenvalue weighted by molar-refractivity contribution is 7.08. The van der Waals surface area contributed by atoms with Crippen LogP contribution in [0.5, 0.6) is 0 Å². The quantitative estimate of drug-likeness (QED) is 0.442. The number of ether oxygens (including phenoxy) is 1. The fourth-order valence-electron chi connectivity index (χ4n) is 3.73. The van der Waals surface area contributed by atoms with Crippen molar-refractivity contribution < 1.29 is 19.4 Å². The maximum Gasteiger partial charge on any atom is 0.407 e. The molecule has 3 heterocycles. The molecule has 8 heteroatoms. The fraction of sp³-hybridized carbons (Fsp3) is 0.308. The number of alkyl carbamates (subject to hydrolysis) is 1. The molecule has 7 nitrogen and oxygen atoms in total. The average Bonchev–Trinajstić information content (AvgIpc) is 3.18. The van der Waals surface area contributed by atoms with Gasteiger partial charge in [0.05, 0.1) is 23.1 Å². The van der Waals surface area contributed by atoms with Gasteiger partial charge in [-0.25, -0.2) is 9.79 Å². The third-order valence-corrected chi connectivity index (χ3v) is 6.40. The first-order valence-electron chi connectivity index (χ1n) is 11.2. The Kier molecular flexibility index (Phi) is 8.85. The van der Waals surface area contributed by atoms with Gasteiger partial charge in [-0.2, -0.15) is 0 Å². The summed E-state index contributed by atoms with van der Waals surface area (Å²) in [6.45, 7) is 10.6. The molecule has 1 aromatic rings. The lowest BCUT2D eigenvalue weighted by Crippen LogP contribution is -2.47. The van der Waals surface area contributed by atoms with Crippen molar-refractivity contribution in [3.8, 4) is 0 Å². The van der Waals surface area contributed by atoms with Crippen LogP contribution >= 0.6 is 11.3 Å². The largest absolute Gasteiger partial charge is 0.492 e. The van der Waals surface area contributed by atoms with Crippen LogP contribution in [0.1, 0.15) is 36.5 Å². The molecule has 2 aliphatic heterocycles. The Labute approximate surface area is 203 Å². The van der Waals surface area contributed by atoms with E-state index in [9.17, 15) is 14.7 Å². The van der Waals surface area contributed by atoms with Crippen LogP contribution in [-0.4, -0.2) is 53.5 Å². The van der Waals surface area contributed by atoms with Crippen LogP contribution < -0.4 is 15.1 Å². The second kappa shape index (κ2) is 12.0. The summed E-state index contributed by atoms with van der Waals surface area (Å²) in [6.07, 6.45) is 12.1. The number of nitrogens with one attached hydrogen (secondary N) is 1. The summed E-state index contributed by atoms with van der Waals surface area (Å²) in [4.78, 5) is 31.1. The van der Waals surface area contributed by atoms with Gasteiger partial charge in [0.1, 0.15) is 4.53 Å². The van der Waals surface area contributed by atoms with Gasteiger partial charge in [0.25, 0.3) is 5.91 Å². The molecule has 1 aromatic heterocycles. The second-order valence-corrected chi connectivity index (χ2v) is 8.58. The molecule has 3 rings (SSSR count). The van der Waals surface area contributed by atoms with Crippen molar-refractivity contribution >= 4 is 40.7 Å². The molecule has 0 bridgehead atoms. The van der Waals surface area contributed by atoms with E-state index in [1.807, 2.05) is 12.2 Å². The predicted molar refractivity (Wildman–Crippen MR) is 136 cm³/mol. The maximum atomic E-state index is 13.3. The summed E-state index contributed by atoms with van der Waals surface area (Å²) in [5, 5.41) is 15.8. The molecule has 0 radical (unpaired) electrons. The third-order valence-electron chi connectivity index (χ3n) is 5.42. The van der Waals surface area contributed by atoms with Crippen molar-refractivity contribution in [2.45, 2.75) is 32.2 Å². The molecule has 178 valence electrons. The van der Waals surface area contributed by atoms with Gasteiger partial charge in [-0.3, -0.25) is 4.79 Å². The number of nitrogens with zero attached hydrogens (tertiary/aromatic N) is 2. The molecule has 0 unspecified atom stereocenters. The number of aliphatic hydroxyl groups excluding tert-OH is 1. The summed E-state index contributed by atoms with van der Waals surface area (Å²) in [6, 6.07) is -0.0207. The Morgan fingerprint density at radius 1 is 1.35 bits per heavy atom. The minimum Gasteiger partial charge on any atom is -0.492 e. The highest BCUT2D eigenvalue weighted by atomic mass is 32.1. The van der Waals surface area contributed by atoms with Crippen LogP contribution in [-0.2, 0) is 4.74 Å². The summed E-state index contributed by atoms with van der Waals surface area (Å²) < 4.78 is 5.44. The van der Waals surface area contributed by atoms with Gasteiger partial charge in [-0.15, -0.1) is 23.6 Å². The number of thiophene rings is 1. The molecule has 0 aliphatic carbocycles. The predicted octanol–water partition coefficient (Wildman–Crippen LogP) is 3.36. The van der Waals surface area contributed by atoms with E-state index < -0.39 is 6.09 Å². The van der Waals surface area contributed by atoms with Gasteiger partial charge in [0.15, 0.2) is 0 Å². The number of carbonyl (C=O) groups excluding carboxylic acids is 2. The van der Waals surface area contributed by atoms with Crippen LogP contribution in [0.4, 0.5) is 4.79 Å². The van der Waals surface area contributed by atoms with Crippen LogP contribution in [0.2, 0.25) is 0 Å². The van der Waals surface area contributed by atoms with Gasteiger partial charge < -0.3 is 20.1 Å². The Balaban J connectivity index is 1.83. The van der Waals surface area contributed by atoms with E-state index in [-0.39, 0.29) is 17.8 Å². The van der Waals surface area contributed by atoms with E-state index in [0.29, 0.717) is 60.0 Å². The first-order valence-corrected chi connectivity index (χ1v) is 12.0. The van der Waals surface area contributed by atoms with Crippen molar-refractivity contribution in [3.05, 3.63) is 75.9 Å². The second-order valence-electron chi connectivity index (χ2n) is 7.70. The van der Waals surface area contributed by atoms with Gasteiger partial charge >= 0.3 is 6.09 Å². The zero-order valence-corrected chi connectivity index (χ0v) is 20.1. The third kappa shape index (κ3) is 6.04. The zero-order chi connectivity index (χ0) is 24.5. The monoisotopic (exact) mass is 479 g/mol. The topological polar surface area (TPSA) is 91.2 Å². The molecule has 1 saturated heterocycles. The van der Waals surface area contributed by atoms with Crippen LogP contribution in [0.15, 0.2) is 65.6 Å². The van der Waals surface area contributed by atoms with Crippen molar-refractivity contribution in [2.24, 2.45) is 4.99 Å². The molecule has 2 N–H and O–H groups in total. The number of fused-ring (bicyclic) bond motifs is 1. The van der Waals surface area contributed by atoms with Gasteiger partial charge in [0.2, 0.25) is 5.88 Å². The summed E-state index contributed by atoms with van der Waals surface area (Å²) in [7, 11) is 0. The lowest BCUT2D eigenvalue weighted by Gasteiger charge is -2.32. The number of likely N-dealkylation sites (tertiary alicyclic amines) is 1. The fourth-order valence-corrected chi connectivity index (χ4v) is 4.62. The van der Waals surface area contributed by atoms with E-state index in [0.717, 1.165) is 5.57 Å². The van der Waals surface area contributed by atoms with E-state index in [1.54, 1.807) is 41.5 Å². The smallest absolute Gasteiger partial charge is 0.407 e. The molecule has 2 amide bonds. The molecule has 34 heavy (non-hydrogen) atoms. The summed E-state index contributed by atoms with van der Waals surface area (Å²) in [5.74, 6) is -0.268. The number of piperidine rings is 1. The summed E-state index contributed by atoms with van der Waals surface area (Å²) >= 11 is 1.26. The Bertz CT molecular complexity index is 1210. The van der Waals surface area contributed by atoms with Crippen molar-refractivity contribution in [3.63, 3.8) is 0 Å². The first kappa shape index (κ1) is 25.0. The number of hydrogen-bond donors (Lipinski definition) is 2. The lowest BCUT2D eigenvalue weighted by atomic mass is 10.0. The maximum absolute atomic E-state index is 13.3. The molecule has 0 aromatic carbocycles. The number of aliphatic imine (C=N–C) groups is 1. The van der Waals surface area contributed by atoms with Crippen molar-refractivity contribution in [1.82, 2.24) is 10.2 Å². The standard InChI is InChI=1S/C26H29N3O4S/c1-4-7-8-10-18(9-5-2)22-12-11-20-21(17-34-23(20)24(30)28-22)25(31)29-15-13-19(14-16-29)27-26(32)33-6-3/h4-5,7-8,10,12,17,19,30H,1-2,6,9,13-16H2,3H3,(H,27,32)/b8-7-,18-10+. The van der Waals surface area contributed by atoms with Crippen LogP contribution in [0.25, 0.3) is 11.6 Å². The van der Waals surface area contributed by atoms with E-state index in [2.05, 4.69) is 29.2 Å². The van der Waals surface area contributed by atoms with Gasteiger partial charge in [0, 0.05) is 30.6 Å². The lowest BCUT2D eigenvalue weighted by molar-refractivity contribution is 0.0702. The van der Waals surface area contributed by atoms with E-state index in [1.165, 1.54) is 11.3 Å². The molecule has 0 saturated carbocycles. The SMILES string of the molecule is C=C/C=C\C=C(/CC=C)C1=NC(O)=c2scc(C(=O)N3CCC(NC(=O)OCC)CC3)c2=C=C1. The van der Waals surface area contributed by atoms with Gasteiger partial charge in [-0.1, -0.05) is 37.0 Å². The number of allylic oxidation sites excluding steroid dienone is 7. The van der Waals surface area contributed by atoms with Crippen LogP contribution in [0.3, 0.4) is 0 Å². The molecule has 0 spiro atoms. The number of carbonyl (C=O) groups is 2. The zero-order valence-electron chi connectivity index (χ0n) is 19.3. The average molecular weight is 480 g/mol. The highest BCUT2D eigenvalue weighted by Crippen LogP contribution is 2.15. The Morgan fingerprint density at radius 3 is 2.79 bits per heavy atom. The molecule has 0 atom stereocenters. The van der Waals surface area contributed by atoms with Crippen LogP contribution in [0, 0.1) is 0 Å². The molecule has 2 aliphatic rings. The number of amides is 2. The molecular formula is C26H29N3O4S. The minimum absolute atomic E-state index is 0.0207. The number of hydrogen-bond acceptors (Lipinski definition) is 6. The van der Waals surface area contributed by atoms with Crippen molar-refractivity contribution in [1.29, 1.82) is 0 Å².